The van der Waals surface area contributed by atoms with Gasteiger partial charge in [-0.2, -0.15) is 0 Å². The Bertz CT molecular complexity index is 904. The van der Waals surface area contributed by atoms with Crippen molar-refractivity contribution in [1.82, 2.24) is 4.90 Å². The summed E-state index contributed by atoms with van der Waals surface area (Å²) in [6.45, 7) is 0. The van der Waals surface area contributed by atoms with Gasteiger partial charge in [0.2, 0.25) is 0 Å². The van der Waals surface area contributed by atoms with Gasteiger partial charge in [-0.25, -0.2) is 0 Å². The Hall–Kier alpha value is -1.11. The second-order valence-corrected chi connectivity index (χ2v) is 11.1. The number of amides is 1. The number of benzene rings is 1. The van der Waals surface area contributed by atoms with Gasteiger partial charge in [-0.15, -0.1) is 0 Å². The second kappa shape index (κ2) is 8.79. The molecule has 4 nitrogen and oxygen atoms in total. The number of hydrogen-bond acceptors (Lipinski definition) is 5. The SMILES string of the molecule is CN1C(=C2SC(=NC3CCCCC3)N(C3CCCCC3)C2=O)Sc2ccc(Cl)cc21. The lowest BCUT2D eigenvalue weighted by molar-refractivity contribution is -0.124. The molecule has 3 fully saturated rings. The maximum atomic E-state index is 13.7. The molecule has 0 bridgehead atoms. The highest BCUT2D eigenvalue weighted by atomic mass is 35.5. The van der Waals surface area contributed by atoms with Gasteiger partial charge < -0.3 is 4.90 Å². The predicted octanol–water partition coefficient (Wildman–Crippen LogP) is 6.65. The zero-order chi connectivity index (χ0) is 20.7. The summed E-state index contributed by atoms with van der Waals surface area (Å²) < 4.78 is 0. The number of hydrogen-bond donors (Lipinski definition) is 0. The highest BCUT2D eigenvalue weighted by Crippen LogP contribution is 2.51. The van der Waals surface area contributed by atoms with Gasteiger partial charge in [-0.1, -0.05) is 61.9 Å². The first kappa shape index (κ1) is 20.8. The molecule has 7 heteroatoms. The molecule has 2 aliphatic heterocycles. The summed E-state index contributed by atoms with van der Waals surface area (Å²) in [6.07, 6.45) is 12.0. The second-order valence-electron chi connectivity index (χ2n) is 8.68. The fraction of sp³-hybridized carbons (Fsp3) is 0.565. The van der Waals surface area contributed by atoms with Crippen LogP contribution in [0.1, 0.15) is 64.2 Å². The highest BCUT2D eigenvalue weighted by molar-refractivity contribution is 8.19. The Balaban J connectivity index is 1.50. The van der Waals surface area contributed by atoms with Crippen LogP contribution in [0.2, 0.25) is 5.02 Å². The fourth-order valence-corrected chi connectivity index (χ4v) is 7.55. The molecule has 0 spiro atoms. The van der Waals surface area contributed by atoms with E-state index in [9.17, 15) is 4.79 Å². The number of fused-ring (bicyclic) bond motifs is 1. The Morgan fingerprint density at radius 3 is 2.43 bits per heavy atom. The van der Waals surface area contributed by atoms with E-state index in [2.05, 4.69) is 9.80 Å². The van der Waals surface area contributed by atoms with E-state index < -0.39 is 0 Å². The zero-order valence-electron chi connectivity index (χ0n) is 17.4. The van der Waals surface area contributed by atoms with E-state index in [0.717, 1.165) is 56.4 Å². The van der Waals surface area contributed by atoms with Gasteiger partial charge in [0.05, 0.1) is 16.8 Å². The van der Waals surface area contributed by atoms with Crippen molar-refractivity contribution < 1.29 is 4.79 Å². The van der Waals surface area contributed by atoms with E-state index in [1.807, 2.05) is 25.2 Å². The minimum absolute atomic E-state index is 0.148. The quantitative estimate of drug-likeness (QED) is 0.462. The van der Waals surface area contributed by atoms with Gasteiger partial charge in [0.25, 0.3) is 5.91 Å². The monoisotopic (exact) mass is 461 g/mol. The van der Waals surface area contributed by atoms with Crippen molar-refractivity contribution in [2.75, 3.05) is 11.9 Å². The van der Waals surface area contributed by atoms with E-state index in [-0.39, 0.29) is 5.91 Å². The number of nitrogens with zero attached hydrogens (tertiary/aromatic N) is 3. The van der Waals surface area contributed by atoms with Crippen LogP contribution in [-0.4, -0.2) is 35.1 Å². The maximum absolute atomic E-state index is 13.7. The number of rotatable bonds is 2. The minimum Gasteiger partial charge on any atom is -0.337 e. The third-order valence-corrected chi connectivity index (χ3v) is 9.27. The maximum Gasteiger partial charge on any atom is 0.269 e. The molecule has 5 rings (SSSR count). The summed E-state index contributed by atoms with van der Waals surface area (Å²) in [4.78, 5) is 25.0. The van der Waals surface area contributed by atoms with Crippen molar-refractivity contribution in [3.63, 3.8) is 0 Å². The Morgan fingerprint density at radius 2 is 1.70 bits per heavy atom. The number of thioether (sulfide) groups is 2. The third-order valence-electron chi connectivity index (χ3n) is 6.61. The number of anilines is 1. The number of carbonyl (C=O) groups excluding carboxylic acids is 1. The van der Waals surface area contributed by atoms with E-state index in [4.69, 9.17) is 16.6 Å². The Morgan fingerprint density at radius 1 is 1.00 bits per heavy atom. The first-order chi connectivity index (χ1) is 14.6. The summed E-state index contributed by atoms with van der Waals surface area (Å²) in [5.74, 6) is 0.148. The van der Waals surface area contributed by atoms with E-state index in [1.165, 1.54) is 38.5 Å². The lowest BCUT2D eigenvalue weighted by Gasteiger charge is -2.31. The van der Waals surface area contributed by atoms with Crippen LogP contribution < -0.4 is 4.90 Å². The van der Waals surface area contributed by atoms with Crippen molar-refractivity contribution in [1.29, 1.82) is 0 Å². The summed E-state index contributed by atoms with van der Waals surface area (Å²) in [6, 6.07) is 6.62. The molecule has 0 aromatic heterocycles. The molecule has 2 saturated carbocycles. The summed E-state index contributed by atoms with van der Waals surface area (Å²) >= 11 is 9.50. The van der Waals surface area contributed by atoms with E-state index >= 15 is 0 Å². The van der Waals surface area contributed by atoms with Crippen molar-refractivity contribution in [2.45, 2.75) is 81.2 Å². The first-order valence-corrected chi connectivity index (χ1v) is 13.2. The first-order valence-electron chi connectivity index (χ1n) is 11.2. The largest absolute Gasteiger partial charge is 0.337 e. The zero-order valence-corrected chi connectivity index (χ0v) is 19.8. The molecule has 160 valence electrons. The third kappa shape index (κ3) is 3.91. The number of amidine groups is 1. The van der Waals surface area contributed by atoms with Crippen LogP contribution in [0.15, 0.2) is 38.0 Å². The Kier molecular flexibility index (Phi) is 6.09. The normalized spacial score (nSPS) is 27.4. The smallest absolute Gasteiger partial charge is 0.269 e. The molecule has 0 unspecified atom stereocenters. The molecule has 1 aromatic rings. The van der Waals surface area contributed by atoms with Gasteiger partial charge in [-0.3, -0.25) is 14.7 Å². The molecule has 0 atom stereocenters. The molecule has 1 aromatic carbocycles. The van der Waals surface area contributed by atoms with Crippen molar-refractivity contribution in [3.8, 4) is 0 Å². The van der Waals surface area contributed by atoms with Gasteiger partial charge >= 0.3 is 0 Å². The average molecular weight is 462 g/mol. The van der Waals surface area contributed by atoms with E-state index in [0.29, 0.717) is 12.1 Å². The molecule has 0 N–H and O–H groups in total. The molecule has 0 radical (unpaired) electrons. The molecule has 30 heavy (non-hydrogen) atoms. The van der Waals surface area contributed by atoms with Crippen LogP contribution in [-0.2, 0) is 4.79 Å². The van der Waals surface area contributed by atoms with Gasteiger partial charge in [0.1, 0.15) is 4.91 Å². The molecule has 1 amide bonds. The van der Waals surface area contributed by atoms with Gasteiger partial charge in [-0.05, 0) is 55.6 Å². The van der Waals surface area contributed by atoms with Crippen LogP contribution in [0.4, 0.5) is 5.69 Å². The Labute approximate surface area is 192 Å². The summed E-state index contributed by atoms with van der Waals surface area (Å²) in [7, 11) is 2.03. The molecule has 2 aliphatic carbocycles. The molecular weight excluding hydrogens is 434 g/mol. The average Bonchev–Trinajstić information content (AvgIpc) is 3.26. The van der Waals surface area contributed by atoms with Crippen LogP contribution >= 0.6 is 35.1 Å². The van der Waals surface area contributed by atoms with E-state index in [1.54, 1.807) is 23.5 Å². The molecule has 2 heterocycles. The van der Waals surface area contributed by atoms with Gasteiger partial charge in [0, 0.05) is 23.0 Å². The number of carbonyl (C=O) groups is 1. The number of halogens is 1. The van der Waals surface area contributed by atoms with Gasteiger partial charge in [0.15, 0.2) is 5.17 Å². The van der Waals surface area contributed by atoms with Crippen LogP contribution in [0.3, 0.4) is 0 Å². The molecular formula is C23H28ClN3OS2. The molecule has 1 saturated heterocycles. The lowest BCUT2D eigenvalue weighted by Crippen LogP contribution is -2.41. The van der Waals surface area contributed by atoms with Crippen molar-refractivity contribution in [3.05, 3.63) is 33.2 Å². The fourth-order valence-electron chi connectivity index (χ4n) is 4.95. The summed E-state index contributed by atoms with van der Waals surface area (Å²) in [5.41, 5.74) is 1.07. The predicted molar refractivity (Wildman–Crippen MR) is 128 cm³/mol. The van der Waals surface area contributed by atoms with Crippen LogP contribution in [0.5, 0.6) is 0 Å². The van der Waals surface area contributed by atoms with Crippen LogP contribution in [0, 0.1) is 0 Å². The van der Waals surface area contributed by atoms with Crippen LogP contribution in [0.25, 0.3) is 0 Å². The lowest BCUT2D eigenvalue weighted by atomic mass is 9.94. The highest BCUT2D eigenvalue weighted by Gasteiger charge is 2.42. The number of aliphatic imine (C=N–C) groups is 1. The minimum atomic E-state index is 0.148. The summed E-state index contributed by atoms with van der Waals surface area (Å²) in [5, 5.41) is 2.68. The molecule has 4 aliphatic rings. The van der Waals surface area contributed by atoms with Crippen molar-refractivity contribution in [2.24, 2.45) is 4.99 Å². The van der Waals surface area contributed by atoms with Crippen molar-refractivity contribution >= 4 is 51.9 Å². The topological polar surface area (TPSA) is 35.9 Å². The standard InChI is InChI=1S/C23H28ClN3OS2/c1-26-18-14-15(24)12-13-19(18)29-22(26)20-21(28)27(17-10-6-3-7-11-17)23(30-20)25-16-8-4-2-5-9-16/h12-14,16-17H,2-11H2,1H3.